The molecule has 0 saturated carbocycles. The summed E-state index contributed by atoms with van der Waals surface area (Å²) in [4.78, 5) is 9.83. The van der Waals surface area contributed by atoms with E-state index in [9.17, 15) is 23.3 Å². The molecule has 0 radical (unpaired) electrons. The maximum absolute atomic E-state index is 11.9. The molecule has 0 spiro atoms. The molecule has 1 aromatic carbocycles. The summed E-state index contributed by atoms with van der Waals surface area (Å²) in [6.07, 6.45) is -4.81. The minimum absolute atomic E-state index is 0.0678. The van der Waals surface area contributed by atoms with E-state index in [4.69, 9.17) is 0 Å². The van der Waals surface area contributed by atoms with Crippen LogP contribution in [0.2, 0.25) is 0 Å². The molecule has 0 N–H and O–H groups in total. The highest BCUT2D eigenvalue weighted by Gasteiger charge is 2.31. The van der Waals surface area contributed by atoms with Gasteiger partial charge in [0.15, 0.2) is 0 Å². The summed E-state index contributed by atoms with van der Waals surface area (Å²) in [5, 5.41) is 10.6. The average molecular weight is 300 g/mol. The number of nitro benzene ring substituents is 1. The first-order chi connectivity index (χ1) is 7.33. The van der Waals surface area contributed by atoms with Crippen LogP contribution in [0.15, 0.2) is 18.2 Å². The predicted octanol–water partition coefficient (Wildman–Crippen LogP) is 3.39. The van der Waals surface area contributed by atoms with Crippen LogP contribution in [0, 0.1) is 10.1 Å². The lowest BCUT2D eigenvalue weighted by Crippen LogP contribution is -2.17. The number of ether oxygens (including phenoxy) is 1. The van der Waals surface area contributed by atoms with Crippen molar-refractivity contribution in [3.8, 4) is 5.75 Å². The molecule has 0 bridgehead atoms. The second-order valence-electron chi connectivity index (χ2n) is 2.73. The van der Waals surface area contributed by atoms with Crippen molar-refractivity contribution in [2.45, 2.75) is 11.7 Å². The number of benzene rings is 1. The van der Waals surface area contributed by atoms with E-state index in [0.29, 0.717) is 0 Å². The Morgan fingerprint density at radius 2 is 2.06 bits per heavy atom. The van der Waals surface area contributed by atoms with Crippen molar-refractivity contribution in [3.05, 3.63) is 33.9 Å². The van der Waals surface area contributed by atoms with Crippen molar-refractivity contribution in [1.82, 2.24) is 0 Å². The maximum atomic E-state index is 11.9. The first-order valence-electron chi connectivity index (χ1n) is 3.92. The molecule has 0 unspecified atom stereocenters. The Morgan fingerprint density at radius 1 is 1.44 bits per heavy atom. The Kier molecular flexibility index (Phi) is 3.74. The summed E-state index contributed by atoms with van der Waals surface area (Å²) in [6, 6.07) is 2.84. The minimum Gasteiger partial charge on any atom is -0.406 e. The molecule has 0 atom stereocenters. The average Bonchev–Trinajstić information content (AvgIpc) is 2.14. The van der Waals surface area contributed by atoms with Crippen molar-refractivity contribution < 1.29 is 22.8 Å². The van der Waals surface area contributed by atoms with Crippen LogP contribution in [-0.4, -0.2) is 11.3 Å². The number of halogens is 4. The zero-order valence-electron chi connectivity index (χ0n) is 7.62. The number of alkyl halides is 4. The van der Waals surface area contributed by atoms with Gasteiger partial charge in [0.05, 0.1) is 4.92 Å². The molecule has 0 aliphatic rings. The number of hydrogen-bond donors (Lipinski definition) is 0. The van der Waals surface area contributed by atoms with Gasteiger partial charge in [-0.05, 0) is 12.1 Å². The molecular formula is C8H5BrF3NO3. The molecule has 88 valence electrons. The van der Waals surface area contributed by atoms with Crippen molar-refractivity contribution in [2.75, 3.05) is 0 Å². The molecule has 4 nitrogen and oxygen atoms in total. The molecule has 8 heteroatoms. The molecule has 0 heterocycles. The van der Waals surface area contributed by atoms with Gasteiger partial charge in [-0.3, -0.25) is 10.1 Å². The van der Waals surface area contributed by atoms with Gasteiger partial charge in [0.25, 0.3) is 5.69 Å². The van der Waals surface area contributed by atoms with Gasteiger partial charge in [0, 0.05) is 17.0 Å². The van der Waals surface area contributed by atoms with Crippen LogP contribution in [0.5, 0.6) is 5.75 Å². The number of hydrogen-bond acceptors (Lipinski definition) is 3. The quantitative estimate of drug-likeness (QED) is 0.488. The van der Waals surface area contributed by atoms with E-state index < -0.39 is 17.0 Å². The Morgan fingerprint density at radius 3 is 2.50 bits per heavy atom. The summed E-state index contributed by atoms with van der Waals surface area (Å²) in [7, 11) is 0. The molecule has 0 saturated heterocycles. The Labute approximate surface area is 96.3 Å². The van der Waals surface area contributed by atoms with E-state index in [2.05, 4.69) is 20.7 Å². The summed E-state index contributed by atoms with van der Waals surface area (Å²) in [6.45, 7) is 0. The topological polar surface area (TPSA) is 52.4 Å². The van der Waals surface area contributed by atoms with Crippen LogP contribution in [0.1, 0.15) is 5.56 Å². The molecular weight excluding hydrogens is 295 g/mol. The third-order valence-electron chi connectivity index (χ3n) is 1.63. The fraction of sp³-hybridized carbons (Fsp3) is 0.250. The van der Waals surface area contributed by atoms with Gasteiger partial charge < -0.3 is 4.74 Å². The Bertz CT molecular complexity index is 408. The highest BCUT2D eigenvalue weighted by Crippen LogP contribution is 2.29. The number of nitrogens with zero attached hydrogens (tertiary/aromatic N) is 1. The van der Waals surface area contributed by atoms with Crippen LogP contribution < -0.4 is 4.74 Å². The lowest BCUT2D eigenvalue weighted by Gasteiger charge is -2.09. The monoisotopic (exact) mass is 299 g/mol. The Hall–Kier alpha value is -1.31. The lowest BCUT2D eigenvalue weighted by atomic mass is 10.2. The van der Waals surface area contributed by atoms with Gasteiger partial charge in [0.2, 0.25) is 0 Å². The van der Waals surface area contributed by atoms with Crippen LogP contribution in [0.3, 0.4) is 0 Å². The second kappa shape index (κ2) is 4.69. The van der Waals surface area contributed by atoms with E-state index in [1.165, 1.54) is 0 Å². The predicted molar refractivity (Wildman–Crippen MR) is 52.4 cm³/mol. The Balaban J connectivity index is 3.05. The van der Waals surface area contributed by atoms with E-state index in [1.54, 1.807) is 0 Å². The van der Waals surface area contributed by atoms with Gasteiger partial charge in [-0.1, -0.05) is 15.9 Å². The van der Waals surface area contributed by atoms with Crippen molar-refractivity contribution in [2.24, 2.45) is 0 Å². The number of rotatable bonds is 3. The molecule has 1 rings (SSSR count). The third-order valence-corrected chi connectivity index (χ3v) is 2.23. The SMILES string of the molecule is O=[N+]([O-])c1ccc(OC(F)(F)F)cc1CBr. The van der Waals surface area contributed by atoms with Crippen LogP contribution in [0.25, 0.3) is 0 Å². The lowest BCUT2D eigenvalue weighted by molar-refractivity contribution is -0.385. The summed E-state index contributed by atoms with van der Waals surface area (Å²) in [5.41, 5.74) is -0.141. The molecule has 0 amide bonds. The fourth-order valence-electron chi connectivity index (χ4n) is 1.04. The zero-order valence-corrected chi connectivity index (χ0v) is 9.21. The van der Waals surface area contributed by atoms with Crippen LogP contribution >= 0.6 is 15.9 Å². The van der Waals surface area contributed by atoms with Crippen molar-refractivity contribution in [1.29, 1.82) is 0 Å². The third kappa shape index (κ3) is 3.37. The minimum atomic E-state index is -4.81. The van der Waals surface area contributed by atoms with Crippen molar-refractivity contribution >= 4 is 21.6 Å². The second-order valence-corrected chi connectivity index (χ2v) is 3.29. The van der Waals surface area contributed by atoms with Gasteiger partial charge in [0.1, 0.15) is 5.75 Å². The molecule has 0 aliphatic heterocycles. The fourth-order valence-corrected chi connectivity index (χ4v) is 1.49. The molecule has 1 aromatic rings. The van der Waals surface area contributed by atoms with E-state index in [-0.39, 0.29) is 16.6 Å². The molecule has 0 aliphatic carbocycles. The summed E-state index contributed by atoms with van der Waals surface area (Å²) >= 11 is 2.95. The van der Waals surface area contributed by atoms with Crippen LogP contribution in [-0.2, 0) is 5.33 Å². The van der Waals surface area contributed by atoms with E-state index in [1.807, 2.05) is 0 Å². The highest BCUT2D eigenvalue weighted by atomic mass is 79.9. The highest BCUT2D eigenvalue weighted by molar-refractivity contribution is 9.08. The smallest absolute Gasteiger partial charge is 0.406 e. The summed E-state index contributed by atoms with van der Waals surface area (Å²) < 4.78 is 39.2. The van der Waals surface area contributed by atoms with E-state index >= 15 is 0 Å². The maximum Gasteiger partial charge on any atom is 0.573 e. The van der Waals surface area contributed by atoms with E-state index in [0.717, 1.165) is 18.2 Å². The van der Waals surface area contributed by atoms with Gasteiger partial charge in [-0.25, -0.2) is 0 Å². The largest absolute Gasteiger partial charge is 0.573 e. The van der Waals surface area contributed by atoms with Crippen molar-refractivity contribution in [3.63, 3.8) is 0 Å². The molecule has 0 aromatic heterocycles. The van der Waals surface area contributed by atoms with Gasteiger partial charge in [-0.2, -0.15) is 0 Å². The molecule has 0 fully saturated rings. The first-order valence-corrected chi connectivity index (χ1v) is 5.04. The van der Waals surface area contributed by atoms with Gasteiger partial charge >= 0.3 is 6.36 Å². The number of nitro groups is 1. The first kappa shape index (κ1) is 12.8. The normalized spacial score (nSPS) is 11.2. The van der Waals surface area contributed by atoms with Gasteiger partial charge in [-0.15, -0.1) is 13.2 Å². The zero-order chi connectivity index (χ0) is 12.3. The standard InChI is InChI=1S/C8H5BrF3NO3/c9-4-5-3-6(16-8(10,11)12)1-2-7(5)13(14)15/h1-3H,4H2. The van der Waals surface area contributed by atoms with Crippen LogP contribution in [0.4, 0.5) is 18.9 Å². The summed E-state index contributed by atoms with van der Waals surface area (Å²) in [5.74, 6) is -0.479. The molecule has 16 heavy (non-hydrogen) atoms.